The highest BCUT2D eigenvalue weighted by Gasteiger charge is 2.36. The van der Waals surface area contributed by atoms with Crippen LogP contribution in [0.15, 0.2) is 87.8 Å². The van der Waals surface area contributed by atoms with E-state index >= 15 is 0 Å². The fourth-order valence-corrected chi connectivity index (χ4v) is 7.29. The van der Waals surface area contributed by atoms with Crippen LogP contribution in [-0.4, -0.2) is 35.4 Å². The van der Waals surface area contributed by atoms with E-state index in [0.717, 1.165) is 22.2 Å². The highest BCUT2D eigenvalue weighted by molar-refractivity contribution is 7.07. The number of carbonyl (C=O) groups is 1. The van der Waals surface area contributed by atoms with Crippen LogP contribution in [-0.2, 0) is 16.1 Å². The molecule has 0 amide bonds. The summed E-state index contributed by atoms with van der Waals surface area (Å²) in [6, 6.07) is 21.4. The van der Waals surface area contributed by atoms with Gasteiger partial charge in [-0.05, 0) is 58.4 Å². The largest absolute Gasteiger partial charge is 0.493 e. The van der Waals surface area contributed by atoms with Crippen molar-refractivity contribution in [2.24, 2.45) is 4.99 Å². The molecular weight excluding hydrogens is 598 g/mol. The van der Waals surface area contributed by atoms with E-state index in [9.17, 15) is 9.59 Å². The number of methoxy groups -OCH3 is 1. The predicted octanol–water partition coefficient (Wildman–Crippen LogP) is 5.83. The molecule has 0 unspecified atom stereocenters. The molecule has 0 N–H and O–H groups in total. The van der Waals surface area contributed by atoms with E-state index in [0.29, 0.717) is 50.8 Å². The van der Waals surface area contributed by atoms with Gasteiger partial charge in [-0.1, -0.05) is 71.5 Å². The summed E-state index contributed by atoms with van der Waals surface area (Å²) in [7, 11) is 1.57. The van der Waals surface area contributed by atoms with E-state index < -0.39 is 12.0 Å². The summed E-state index contributed by atoms with van der Waals surface area (Å²) in [6.07, 6.45) is 1.96. The first-order valence-electron chi connectivity index (χ1n) is 15.4. The van der Waals surface area contributed by atoms with Crippen LogP contribution in [0.25, 0.3) is 17.0 Å². The zero-order chi connectivity index (χ0) is 32.5. The standard InChI is InChI=1S/C37H37N3O5S/c1-7-44-34-27(16-12-18-30(34)43-6)33-32(36(42)45-8-2)23(4)38-37-40(33)35(41)31(46-37)20-28-24(5)39(29-17-10-9-15-26(28)29)21-25-14-11-13-22(3)19-25/h9-20,33H,7-8,21H2,1-6H3/b31-20+/t33-/m0/s1. The maximum Gasteiger partial charge on any atom is 0.338 e. The van der Waals surface area contributed by atoms with E-state index in [1.54, 1.807) is 31.6 Å². The molecule has 0 saturated carbocycles. The molecule has 0 aliphatic carbocycles. The van der Waals surface area contributed by atoms with Crippen molar-refractivity contribution in [1.82, 2.24) is 9.13 Å². The lowest BCUT2D eigenvalue weighted by Gasteiger charge is -2.26. The number of thiazole rings is 1. The summed E-state index contributed by atoms with van der Waals surface area (Å²) in [5.74, 6) is 0.457. The third-order valence-electron chi connectivity index (χ3n) is 8.31. The van der Waals surface area contributed by atoms with Crippen molar-refractivity contribution in [2.75, 3.05) is 20.3 Å². The summed E-state index contributed by atoms with van der Waals surface area (Å²) in [6.45, 7) is 10.9. The van der Waals surface area contributed by atoms with Gasteiger partial charge < -0.3 is 18.8 Å². The maximum absolute atomic E-state index is 14.5. The molecular formula is C37H37N3O5S. The van der Waals surface area contributed by atoms with Crippen LogP contribution in [0.3, 0.4) is 0 Å². The summed E-state index contributed by atoms with van der Waals surface area (Å²) in [4.78, 5) is 33.2. The van der Waals surface area contributed by atoms with Crippen molar-refractivity contribution in [3.05, 3.63) is 126 Å². The normalized spacial score (nSPS) is 14.7. The Balaban J connectivity index is 1.58. The van der Waals surface area contributed by atoms with E-state index in [2.05, 4.69) is 54.8 Å². The van der Waals surface area contributed by atoms with Crippen LogP contribution in [0.1, 0.15) is 54.8 Å². The molecule has 3 aromatic carbocycles. The Kier molecular flexibility index (Phi) is 8.69. The average molecular weight is 636 g/mol. The van der Waals surface area contributed by atoms with Crippen molar-refractivity contribution in [1.29, 1.82) is 0 Å². The molecule has 5 aromatic rings. The average Bonchev–Trinajstić information content (AvgIpc) is 3.49. The molecule has 0 bridgehead atoms. The Morgan fingerprint density at radius 3 is 2.52 bits per heavy atom. The molecule has 0 spiro atoms. The minimum atomic E-state index is -0.821. The molecule has 9 heteroatoms. The monoisotopic (exact) mass is 635 g/mol. The van der Waals surface area contributed by atoms with Gasteiger partial charge in [0.1, 0.15) is 6.04 Å². The fraction of sp³-hybridized carbons (Fsp3) is 0.270. The van der Waals surface area contributed by atoms with Gasteiger partial charge in [0.15, 0.2) is 16.3 Å². The molecule has 236 valence electrons. The molecule has 8 nitrogen and oxygen atoms in total. The Bertz CT molecular complexity index is 2190. The Morgan fingerprint density at radius 2 is 1.78 bits per heavy atom. The van der Waals surface area contributed by atoms with Crippen LogP contribution in [0.2, 0.25) is 0 Å². The third-order valence-corrected chi connectivity index (χ3v) is 9.29. The SMILES string of the molecule is CCOC(=O)C1=C(C)N=c2s/c(=C/c3c(C)n(Cc4cccc(C)c4)c4ccccc34)c(=O)n2[C@H]1c1cccc(OC)c1OCC. The lowest BCUT2D eigenvalue weighted by atomic mass is 9.94. The number of hydrogen-bond donors (Lipinski definition) is 0. The number of para-hydroxylation sites is 2. The van der Waals surface area contributed by atoms with Gasteiger partial charge in [-0.3, -0.25) is 9.36 Å². The number of ether oxygens (including phenoxy) is 3. The minimum Gasteiger partial charge on any atom is -0.493 e. The number of carbonyl (C=O) groups excluding carboxylic acids is 1. The fourth-order valence-electron chi connectivity index (χ4n) is 6.26. The Labute approximate surface area is 271 Å². The van der Waals surface area contributed by atoms with Crippen molar-refractivity contribution < 1.29 is 19.0 Å². The van der Waals surface area contributed by atoms with E-state index in [1.165, 1.54) is 22.5 Å². The summed E-state index contributed by atoms with van der Waals surface area (Å²) >= 11 is 1.31. The molecule has 1 aliphatic heterocycles. The first kappa shape index (κ1) is 31.1. The molecule has 1 atom stereocenters. The quantitative estimate of drug-likeness (QED) is 0.191. The van der Waals surface area contributed by atoms with Crippen LogP contribution >= 0.6 is 11.3 Å². The third kappa shape index (κ3) is 5.45. The second-order valence-corrected chi connectivity index (χ2v) is 12.2. The minimum absolute atomic E-state index is 0.190. The highest BCUT2D eigenvalue weighted by Crippen LogP contribution is 2.41. The van der Waals surface area contributed by atoms with Crippen molar-refractivity contribution in [3.63, 3.8) is 0 Å². The van der Waals surface area contributed by atoms with Crippen LogP contribution in [0.4, 0.5) is 0 Å². The smallest absolute Gasteiger partial charge is 0.338 e. The van der Waals surface area contributed by atoms with Crippen LogP contribution in [0.5, 0.6) is 11.5 Å². The number of rotatable bonds is 9. The number of esters is 1. The first-order chi connectivity index (χ1) is 22.3. The van der Waals surface area contributed by atoms with Gasteiger partial charge >= 0.3 is 5.97 Å². The van der Waals surface area contributed by atoms with Gasteiger partial charge in [0.2, 0.25) is 0 Å². The first-order valence-corrected chi connectivity index (χ1v) is 16.2. The van der Waals surface area contributed by atoms with Crippen LogP contribution in [0, 0.1) is 13.8 Å². The predicted molar refractivity (Wildman–Crippen MR) is 182 cm³/mol. The number of hydrogen-bond acceptors (Lipinski definition) is 7. The summed E-state index contributed by atoms with van der Waals surface area (Å²) in [5.41, 5.74) is 6.71. The van der Waals surface area contributed by atoms with Gasteiger partial charge in [-0.25, -0.2) is 9.79 Å². The number of aromatic nitrogens is 2. The van der Waals surface area contributed by atoms with Gasteiger partial charge in [0.25, 0.3) is 5.56 Å². The summed E-state index contributed by atoms with van der Waals surface area (Å²) in [5, 5.41) is 1.06. The van der Waals surface area contributed by atoms with Crippen molar-refractivity contribution >= 4 is 34.3 Å². The second-order valence-electron chi connectivity index (χ2n) is 11.2. The number of aryl methyl sites for hydroxylation is 1. The highest BCUT2D eigenvalue weighted by atomic mass is 32.1. The maximum atomic E-state index is 14.5. The van der Waals surface area contributed by atoms with E-state index in [1.807, 2.05) is 37.3 Å². The lowest BCUT2D eigenvalue weighted by Crippen LogP contribution is -2.40. The van der Waals surface area contributed by atoms with E-state index in [-0.39, 0.29) is 12.2 Å². The lowest BCUT2D eigenvalue weighted by molar-refractivity contribution is -0.139. The molecule has 46 heavy (non-hydrogen) atoms. The molecule has 0 radical (unpaired) electrons. The Hall–Kier alpha value is -4.89. The number of allylic oxidation sites excluding steroid dienone is 1. The van der Waals surface area contributed by atoms with Gasteiger partial charge in [-0.2, -0.15) is 0 Å². The topological polar surface area (TPSA) is 84.1 Å². The zero-order valence-electron chi connectivity index (χ0n) is 26.9. The Morgan fingerprint density at radius 1 is 1.00 bits per heavy atom. The van der Waals surface area contributed by atoms with E-state index in [4.69, 9.17) is 19.2 Å². The van der Waals surface area contributed by atoms with Gasteiger partial charge in [0, 0.05) is 34.3 Å². The second kappa shape index (κ2) is 12.8. The van der Waals surface area contributed by atoms with Crippen molar-refractivity contribution in [2.45, 2.75) is 47.2 Å². The van der Waals surface area contributed by atoms with Gasteiger partial charge in [-0.15, -0.1) is 0 Å². The molecule has 0 saturated heterocycles. The molecule has 3 heterocycles. The molecule has 6 rings (SSSR count). The molecule has 0 fully saturated rings. The number of fused-ring (bicyclic) bond motifs is 2. The zero-order valence-corrected chi connectivity index (χ0v) is 27.7. The summed E-state index contributed by atoms with van der Waals surface area (Å²) < 4.78 is 21.6. The molecule has 2 aromatic heterocycles. The van der Waals surface area contributed by atoms with Crippen LogP contribution < -0.4 is 24.4 Å². The van der Waals surface area contributed by atoms with Crippen molar-refractivity contribution in [3.8, 4) is 11.5 Å². The van der Waals surface area contributed by atoms with Gasteiger partial charge in [0.05, 0.1) is 36.1 Å². The number of benzene rings is 3. The molecule has 1 aliphatic rings. The number of nitrogens with zero attached hydrogens (tertiary/aromatic N) is 3.